The number of fused-ring (bicyclic) bond motifs is 2. The summed E-state index contributed by atoms with van der Waals surface area (Å²) in [6.45, 7) is 1.89. The number of nitrogens with zero attached hydrogens (tertiary/aromatic N) is 2. The van der Waals surface area contributed by atoms with Gasteiger partial charge >= 0.3 is 0 Å². The van der Waals surface area contributed by atoms with Gasteiger partial charge in [-0.3, -0.25) is 4.79 Å². The molecule has 4 heteroatoms. The Bertz CT molecular complexity index is 1470. The molecule has 0 aliphatic rings. The lowest BCUT2D eigenvalue weighted by Gasteiger charge is -2.10. The Morgan fingerprint density at radius 2 is 1.50 bits per heavy atom. The van der Waals surface area contributed by atoms with Crippen LogP contribution in [0.5, 0.6) is 0 Å². The minimum absolute atomic E-state index is 0.263. The van der Waals surface area contributed by atoms with Crippen molar-refractivity contribution < 1.29 is 4.79 Å². The van der Waals surface area contributed by atoms with E-state index in [-0.39, 0.29) is 5.91 Å². The summed E-state index contributed by atoms with van der Waals surface area (Å²) in [5, 5.41) is 7.49. The van der Waals surface area contributed by atoms with E-state index in [9.17, 15) is 4.79 Å². The summed E-state index contributed by atoms with van der Waals surface area (Å²) in [5.74, 6) is -0.263. The van der Waals surface area contributed by atoms with Crippen molar-refractivity contribution in [2.24, 2.45) is 5.10 Å². The van der Waals surface area contributed by atoms with E-state index in [0.717, 1.165) is 38.8 Å². The maximum Gasteiger partial charge on any atom is 0.272 e. The molecule has 0 unspecified atom stereocenters. The Hall–Kier alpha value is -4.31. The minimum Gasteiger partial charge on any atom is -0.267 e. The van der Waals surface area contributed by atoms with Crippen molar-refractivity contribution in [1.29, 1.82) is 0 Å². The topological polar surface area (TPSA) is 54.4 Å². The van der Waals surface area contributed by atoms with Crippen LogP contribution in [0.4, 0.5) is 0 Å². The van der Waals surface area contributed by atoms with E-state index < -0.39 is 0 Å². The first-order valence-corrected chi connectivity index (χ1v) is 10.5. The van der Waals surface area contributed by atoms with E-state index in [4.69, 9.17) is 4.98 Å². The minimum atomic E-state index is -0.263. The molecule has 4 aromatic carbocycles. The van der Waals surface area contributed by atoms with E-state index in [2.05, 4.69) is 34.8 Å². The molecule has 1 amide bonds. The number of carbonyl (C=O) groups excluding carboxylic acids is 1. The number of benzene rings is 4. The van der Waals surface area contributed by atoms with Gasteiger partial charge in [-0.1, -0.05) is 84.9 Å². The molecule has 154 valence electrons. The molecule has 1 aromatic heterocycles. The number of nitrogens with one attached hydrogen (secondary N) is 1. The van der Waals surface area contributed by atoms with Crippen LogP contribution in [0, 0.1) is 0 Å². The van der Waals surface area contributed by atoms with Gasteiger partial charge in [-0.05, 0) is 41.5 Å². The molecule has 4 nitrogen and oxygen atoms in total. The Kier molecular flexibility index (Phi) is 5.18. The number of hydrogen-bond donors (Lipinski definition) is 1. The fourth-order valence-corrected chi connectivity index (χ4v) is 3.79. The third kappa shape index (κ3) is 3.86. The van der Waals surface area contributed by atoms with Gasteiger partial charge in [0, 0.05) is 10.9 Å². The average Bonchev–Trinajstić information content (AvgIpc) is 2.86. The molecule has 1 heterocycles. The van der Waals surface area contributed by atoms with Gasteiger partial charge in [0.2, 0.25) is 0 Å². The molecule has 5 rings (SSSR count). The molecule has 0 bridgehead atoms. The zero-order chi connectivity index (χ0) is 21.9. The number of aromatic nitrogens is 1. The van der Waals surface area contributed by atoms with Crippen molar-refractivity contribution in [1.82, 2.24) is 10.4 Å². The van der Waals surface area contributed by atoms with Gasteiger partial charge in [-0.25, -0.2) is 10.4 Å². The van der Waals surface area contributed by atoms with Crippen LogP contribution in [-0.2, 0) is 0 Å². The second-order valence-corrected chi connectivity index (χ2v) is 7.64. The van der Waals surface area contributed by atoms with Gasteiger partial charge in [-0.15, -0.1) is 0 Å². The largest absolute Gasteiger partial charge is 0.272 e. The highest BCUT2D eigenvalue weighted by molar-refractivity contribution is 6.08. The first kappa shape index (κ1) is 19.6. The number of hydrogen-bond acceptors (Lipinski definition) is 3. The maximum absolute atomic E-state index is 13.1. The van der Waals surface area contributed by atoms with Crippen LogP contribution >= 0.6 is 0 Å². The number of hydrazone groups is 1. The molecule has 0 atom stereocenters. The van der Waals surface area contributed by atoms with Crippen molar-refractivity contribution in [2.75, 3.05) is 0 Å². The summed E-state index contributed by atoms with van der Waals surface area (Å²) in [6.07, 6.45) is 0. The zero-order valence-corrected chi connectivity index (χ0v) is 17.6. The molecule has 32 heavy (non-hydrogen) atoms. The lowest BCUT2D eigenvalue weighted by Crippen LogP contribution is -2.20. The number of pyridine rings is 1. The van der Waals surface area contributed by atoms with Crippen molar-refractivity contribution in [2.45, 2.75) is 6.92 Å². The third-order valence-electron chi connectivity index (χ3n) is 5.52. The van der Waals surface area contributed by atoms with Gasteiger partial charge in [0.15, 0.2) is 0 Å². The lowest BCUT2D eigenvalue weighted by molar-refractivity contribution is 0.0956. The number of para-hydroxylation sites is 1. The van der Waals surface area contributed by atoms with E-state index in [1.807, 2.05) is 85.8 Å². The van der Waals surface area contributed by atoms with Crippen LogP contribution in [0.25, 0.3) is 32.9 Å². The highest BCUT2D eigenvalue weighted by atomic mass is 16.2. The fourth-order valence-electron chi connectivity index (χ4n) is 3.79. The summed E-state index contributed by atoms with van der Waals surface area (Å²) in [4.78, 5) is 17.9. The van der Waals surface area contributed by atoms with Gasteiger partial charge in [0.25, 0.3) is 5.91 Å². The zero-order valence-electron chi connectivity index (χ0n) is 17.6. The summed E-state index contributed by atoms with van der Waals surface area (Å²) in [5.41, 5.74) is 7.48. The van der Waals surface area contributed by atoms with Crippen molar-refractivity contribution in [3.63, 3.8) is 0 Å². The molecular formula is C28H21N3O. The van der Waals surface area contributed by atoms with Gasteiger partial charge in [-0.2, -0.15) is 5.10 Å². The van der Waals surface area contributed by atoms with Crippen LogP contribution in [0.2, 0.25) is 0 Å². The Morgan fingerprint density at radius 3 is 2.34 bits per heavy atom. The SMILES string of the molecule is CC(=NNC(=O)c1cc(-c2ccccc2)nc2ccccc12)c1ccc2ccccc2c1. The quantitative estimate of drug-likeness (QED) is 0.280. The number of rotatable bonds is 4. The molecule has 0 saturated carbocycles. The average molecular weight is 415 g/mol. The molecular weight excluding hydrogens is 394 g/mol. The highest BCUT2D eigenvalue weighted by Crippen LogP contribution is 2.25. The lowest BCUT2D eigenvalue weighted by atomic mass is 10.0. The Balaban J connectivity index is 1.48. The second kappa shape index (κ2) is 8.44. The molecule has 0 radical (unpaired) electrons. The third-order valence-corrected chi connectivity index (χ3v) is 5.52. The summed E-state index contributed by atoms with van der Waals surface area (Å²) in [6, 6.07) is 33.7. The van der Waals surface area contributed by atoms with E-state index in [1.54, 1.807) is 0 Å². The van der Waals surface area contributed by atoms with E-state index in [0.29, 0.717) is 5.56 Å². The van der Waals surface area contributed by atoms with E-state index in [1.165, 1.54) is 5.39 Å². The molecule has 0 aliphatic carbocycles. The van der Waals surface area contributed by atoms with Crippen molar-refractivity contribution in [3.8, 4) is 11.3 Å². The Labute approximate surface area is 186 Å². The first-order chi connectivity index (χ1) is 15.7. The molecule has 0 saturated heterocycles. The summed E-state index contributed by atoms with van der Waals surface area (Å²) < 4.78 is 0. The normalized spacial score (nSPS) is 11.6. The Morgan fingerprint density at radius 1 is 0.781 bits per heavy atom. The van der Waals surface area contributed by atoms with Gasteiger partial charge in [0.05, 0.1) is 22.5 Å². The molecule has 0 aliphatic heterocycles. The molecule has 1 N–H and O–H groups in total. The summed E-state index contributed by atoms with van der Waals surface area (Å²) in [7, 11) is 0. The second-order valence-electron chi connectivity index (χ2n) is 7.64. The summed E-state index contributed by atoms with van der Waals surface area (Å²) >= 11 is 0. The van der Waals surface area contributed by atoms with Crippen LogP contribution in [0.15, 0.2) is 108 Å². The van der Waals surface area contributed by atoms with Gasteiger partial charge in [0.1, 0.15) is 0 Å². The van der Waals surface area contributed by atoms with Gasteiger partial charge < -0.3 is 0 Å². The predicted octanol–water partition coefficient (Wildman–Crippen LogP) is 6.21. The van der Waals surface area contributed by atoms with Crippen LogP contribution in [-0.4, -0.2) is 16.6 Å². The maximum atomic E-state index is 13.1. The standard InChI is InChI=1S/C28H21N3O/c1-19(22-16-15-20-9-5-6-12-23(20)17-22)30-31-28(32)25-18-27(21-10-3-2-4-11-21)29-26-14-8-7-13-24(25)26/h2-18H,1H3,(H,31,32). The van der Waals surface area contributed by atoms with Crippen molar-refractivity contribution >= 4 is 33.3 Å². The van der Waals surface area contributed by atoms with Crippen LogP contribution < -0.4 is 5.43 Å². The van der Waals surface area contributed by atoms with Crippen LogP contribution in [0.3, 0.4) is 0 Å². The fraction of sp³-hybridized carbons (Fsp3) is 0.0357. The van der Waals surface area contributed by atoms with E-state index >= 15 is 0 Å². The molecule has 0 fully saturated rings. The molecule has 5 aromatic rings. The predicted molar refractivity (Wildman–Crippen MR) is 131 cm³/mol. The number of amides is 1. The highest BCUT2D eigenvalue weighted by Gasteiger charge is 2.14. The monoisotopic (exact) mass is 415 g/mol. The van der Waals surface area contributed by atoms with Crippen LogP contribution in [0.1, 0.15) is 22.8 Å². The first-order valence-electron chi connectivity index (χ1n) is 10.5. The smallest absolute Gasteiger partial charge is 0.267 e. The molecule has 0 spiro atoms. The number of carbonyl (C=O) groups is 1. The van der Waals surface area contributed by atoms with Crippen molar-refractivity contribution in [3.05, 3.63) is 114 Å².